The maximum Gasteiger partial charge on any atom is 0.312 e. The molecule has 1 aliphatic heterocycles. The van der Waals surface area contributed by atoms with E-state index in [9.17, 15) is 14.4 Å². The van der Waals surface area contributed by atoms with Gasteiger partial charge in [0.15, 0.2) is 0 Å². The summed E-state index contributed by atoms with van der Waals surface area (Å²) in [5.41, 5.74) is 2.55. The van der Waals surface area contributed by atoms with Crippen LogP contribution in [0.1, 0.15) is 53.6 Å². The van der Waals surface area contributed by atoms with E-state index in [0.717, 1.165) is 24.0 Å². The molecule has 162 valence electrons. The summed E-state index contributed by atoms with van der Waals surface area (Å²) in [6.07, 6.45) is 5.71. The Balaban J connectivity index is 1.31. The Hall–Kier alpha value is -3.15. The van der Waals surface area contributed by atoms with Crippen molar-refractivity contribution in [1.82, 2.24) is 15.1 Å². The Morgan fingerprint density at radius 2 is 1.32 bits per heavy atom. The zero-order valence-electron chi connectivity index (χ0n) is 17.8. The highest BCUT2D eigenvalue weighted by molar-refractivity contribution is 6.35. The van der Waals surface area contributed by atoms with E-state index in [1.807, 2.05) is 42.5 Å². The number of benzene rings is 2. The van der Waals surface area contributed by atoms with Crippen molar-refractivity contribution in [2.75, 3.05) is 13.1 Å². The van der Waals surface area contributed by atoms with Gasteiger partial charge in [0.25, 0.3) is 5.91 Å². The topological polar surface area (TPSA) is 69.7 Å². The van der Waals surface area contributed by atoms with Crippen molar-refractivity contribution in [2.45, 2.75) is 51.2 Å². The first-order chi connectivity index (χ1) is 15.1. The first-order valence-electron chi connectivity index (χ1n) is 11.1. The van der Waals surface area contributed by atoms with Crippen LogP contribution >= 0.6 is 0 Å². The second kappa shape index (κ2) is 9.77. The lowest BCUT2D eigenvalue weighted by molar-refractivity contribution is -0.156. The third-order valence-corrected chi connectivity index (χ3v) is 6.14. The third kappa shape index (κ3) is 5.32. The summed E-state index contributed by atoms with van der Waals surface area (Å²) in [6, 6.07) is 17.3. The van der Waals surface area contributed by atoms with E-state index >= 15 is 0 Å². The van der Waals surface area contributed by atoms with Crippen LogP contribution < -0.4 is 5.32 Å². The molecular formula is C25H29N3O3. The normalized spacial score (nSPS) is 17.7. The molecule has 1 heterocycles. The minimum absolute atomic E-state index is 0.0424. The zero-order chi connectivity index (χ0) is 21.6. The average molecular weight is 420 g/mol. The van der Waals surface area contributed by atoms with Gasteiger partial charge in [0.1, 0.15) is 0 Å². The molecule has 2 aliphatic rings. The first-order valence-corrected chi connectivity index (χ1v) is 11.1. The maximum atomic E-state index is 12.6. The van der Waals surface area contributed by atoms with Gasteiger partial charge in [-0.3, -0.25) is 14.4 Å². The second-order valence-electron chi connectivity index (χ2n) is 8.44. The Morgan fingerprint density at radius 1 is 0.774 bits per heavy atom. The molecule has 0 unspecified atom stereocenters. The average Bonchev–Trinajstić information content (AvgIpc) is 2.80. The van der Waals surface area contributed by atoms with Crippen molar-refractivity contribution < 1.29 is 14.4 Å². The summed E-state index contributed by atoms with van der Waals surface area (Å²) in [7, 11) is 0. The van der Waals surface area contributed by atoms with Gasteiger partial charge < -0.3 is 15.1 Å². The molecule has 3 amide bonds. The molecule has 2 aromatic carbocycles. The maximum absolute atomic E-state index is 12.6. The molecule has 0 spiro atoms. The molecule has 31 heavy (non-hydrogen) atoms. The Bertz CT molecular complexity index is 921. The quantitative estimate of drug-likeness (QED) is 0.732. The molecule has 4 rings (SSSR count). The van der Waals surface area contributed by atoms with E-state index in [2.05, 4.69) is 5.32 Å². The molecule has 2 fully saturated rings. The molecule has 1 aliphatic carbocycles. The third-order valence-electron chi connectivity index (χ3n) is 6.14. The summed E-state index contributed by atoms with van der Waals surface area (Å²) in [5, 5.41) is 3.12. The monoisotopic (exact) mass is 419 g/mol. The fourth-order valence-corrected chi connectivity index (χ4v) is 4.32. The minimum Gasteiger partial charge on any atom is -0.349 e. The second-order valence-corrected chi connectivity index (χ2v) is 8.44. The molecule has 0 atom stereocenters. The number of nitrogens with one attached hydrogen (secondary N) is 1. The first kappa shape index (κ1) is 21.1. The number of piperazine rings is 1. The molecule has 1 saturated heterocycles. The van der Waals surface area contributed by atoms with Gasteiger partial charge in [-0.15, -0.1) is 0 Å². The lowest BCUT2D eigenvalue weighted by Crippen LogP contribution is -2.53. The highest BCUT2D eigenvalue weighted by atomic mass is 16.2. The van der Waals surface area contributed by atoms with E-state index in [0.29, 0.717) is 31.7 Å². The van der Waals surface area contributed by atoms with Crippen LogP contribution in [0.3, 0.4) is 0 Å². The number of carbonyl (C=O) groups excluding carboxylic acids is 3. The zero-order valence-corrected chi connectivity index (χ0v) is 17.8. The number of hydrogen-bond acceptors (Lipinski definition) is 3. The van der Waals surface area contributed by atoms with Gasteiger partial charge in [-0.25, -0.2) is 0 Å². The molecule has 6 nitrogen and oxygen atoms in total. The van der Waals surface area contributed by atoms with Crippen molar-refractivity contribution in [3.63, 3.8) is 0 Å². The number of hydrogen-bond donors (Lipinski definition) is 1. The smallest absolute Gasteiger partial charge is 0.312 e. The molecule has 1 saturated carbocycles. The van der Waals surface area contributed by atoms with Crippen molar-refractivity contribution in [1.29, 1.82) is 0 Å². The van der Waals surface area contributed by atoms with Crippen molar-refractivity contribution >= 4 is 17.7 Å². The van der Waals surface area contributed by atoms with E-state index in [1.165, 1.54) is 19.3 Å². The molecule has 0 radical (unpaired) electrons. The van der Waals surface area contributed by atoms with Crippen LogP contribution in [0.25, 0.3) is 0 Å². The van der Waals surface area contributed by atoms with Gasteiger partial charge >= 0.3 is 11.8 Å². The van der Waals surface area contributed by atoms with Crippen LogP contribution in [-0.2, 0) is 22.7 Å². The van der Waals surface area contributed by atoms with Crippen LogP contribution in [0.4, 0.5) is 0 Å². The van der Waals surface area contributed by atoms with Crippen molar-refractivity contribution in [3.8, 4) is 0 Å². The largest absolute Gasteiger partial charge is 0.349 e. The van der Waals surface area contributed by atoms with Gasteiger partial charge in [0, 0.05) is 37.8 Å². The highest BCUT2D eigenvalue weighted by Gasteiger charge is 2.32. The summed E-state index contributed by atoms with van der Waals surface area (Å²) < 4.78 is 0. The standard InChI is InChI=1S/C25H29N3O3/c29-23(26-22-9-5-2-6-10-22)21-13-11-20(12-14-21)18-28-16-15-27(24(30)25(28)31)17-19-7-3-1-4-8-19/h1,3-4,7-8,11-14,22H,2,5-6,9-10,15-18H2,(H,26,29). The molecule has 2 aromatic rings. The van der Waals surface area contributed by atoms with Gasteiger partial charge in [-0.05, 0) is 36.1 Å². The van der Waals surface area contributed by atoms with E-state index in [-0.39, 0.29) is 11.9 Å². The van der Waals surface area contributed by atoms with Crippen molar-refractivity contribution in [3.05, 3.63) is 71.3 Å². The highest BCUT2D eigenvalue weighted by Crippen LogP contribution is 2.18. The Kier molecular flexibility index (Phi) is 6.65. The fraction of sp³-hybridized carbons (Fsp3) is 0.400. The number of amides is 3. The van der Waals surface area contributed by atoms with Crippen LogP contribution in [0.5, 0.6) is 0 Å². The van der Waals surface area contributed by atoms with Gasteiger partial charge in [-0.1, -0.05) is 61.7 Å². The van der Waals surface area contributed by atoms with Crippen molar-refractivity contribution in [2.24, 2.45) is 0 Å². The summed E-state index contributed by atoms with van der Waals surface area (Å²) >= 11 is 0. The predicted molar refractivity (Wildman–Crippen MR) is 118 cm³/mol. The molecular weight excluding hydrogens is 390 g/mol. The minimum atomic E-state index is -0.471. The van der Waals surface area contributed by atoms with Crippen LogP contribution in [0, 0.1) is 0 Å². The molecule has 0 bridgehead atoms. The summed E-state index contributed by atoms with van der Waals surface area (Å²) in [4.78, 5) is 40.8. The van der Waals surface area contributed by atoms with E-state index in [4.69, 9.17) is 0 Å². The Labute approximate surface area is 183 Å². The number of nitrogens with zero attached hydrogens (tertiary/aromatic N) is 2. The fourth-order valence-electron chi connectivity index (χ4n) is 4.32. The SMILES string of the molecule is O=C(NC1CCCCC1)c1ccc(CN2CCN(Cc3ccccc3)C(=O)C2=O)cc1. The molecule has 0 aromatic heterocycles. The van der Waals surface area contributed by atoms with E-state index < -0.39 is 11.8 Å². The lowest BCUT2D eigenvalue weighted by Gasteiger charge is -2.33. The summed E-state index contributed by atoms with van der Waals surface area (Å²) in [6.45, 7) is 1.83. The lowest BCUT2D eigenvalue weighted by atomic mass is 9.95. The van der Waals surface area contributed by atoms with Gasteiger partial charge in [0.05, 0.1) is 0 Å². The Morgan fingerprint density at radius 3 is 1.90 bits per heavy atom. The number of carbonyl (C=O) groups is 3. The van der Waals surface area contributed by atoms with Gasteiger partial charge in [0.2, 0.25) is 0 Å². The van der Waals surface area contributed by atoms with E-state index in [1.54, 1.807) is 21.9 Å². The summed E-state index contributed by atoms with van der Waals surface area (Å²) in [5.74, 6) is -0.973. The molecule has 6 heteroatoms. The van der Waals surface area contributed by atoms with Crippen LogP contribution in [-0.4, -0.2) is 46.7 Å². The van der Waals surface area contributed by atoms with Crippen LogP contribution in [0.15, 0.2) is 54.6 Å². The number of rotatable bonds is 6. The van der Waals surface area contributed by atoms with Crippen LogP contribution in [0.2, 0.25) is 0 Å². The predicted octanol–water partition coefficient (Wildman–Crippen LogP) is 3.12. The van der Waals surface area contributed by atoms with Gasteiger partial charge in [-0.2, -0.15) is 0 Å². The molecule has 1 N–H and O–H groups in total.